The molecule has 0 saturated heterocycles. The van der Waals surface area contributed by atoms with Crippen molar-refractivity contribution in [1.29, 1.82) is 0 Å². The zero-order valence-electron chi connectivity index (χ0n) is 21.0. The molecule has 1 amide bonds. The number of hydrogen-bond acceptors (Lipinski definition) is 4. The molecular formula is C27H32F3N3O3S. The molecule has 37 heavy (non-hydrogen) atoms. The third-order valence-electron chi connectivity index (χ3n) is 7.30. The Labute approximate surface area is 215 Å². The van der Waals surface area contributed by atoms with E-state index in [-0.39, 0.29) is 41.9 Å². The first-order valence-corrected chi connectivity index (χ1v) is 14.3. The van der Waals surface area contributed by atoms with Gasteiger partial charge >= 0.3 is 6.18 Å². The van der Waals surface area contributed by atoms with Crippen molar-refractivity contribution in [3.05, 3.63) is 59.4 Å². The molecule has 1 N–H and O–H groups in total. The van der Waals surface area contributed by atoms with Crippen LogP contribution in [0.2, 0.25) is 0 Å². The van der Waals surface area contributed by atoms with E-state index in [4.69, 9.17) is 4.98 Å². The monoisotopic (exact) mass is 535 g/mol. The first-order chi connectivity index (χ1) is 17.5. The van der Waals surface area contributed by atoms with Crippen molar-refractivity contribution in [3.8, 4) is 0 Å². The summed E-state index contributed by atoms with van der Waals surface area (Å²) in [4.78, 5) is 17.8. The molecule has 0 atom stereocenters. The van der Waals surface area contributed by atoms with Gasteiger partial charge in [0.2, 0.25) is 0 Å². The minimum atomic E-state index is -4.11. The molecule has 4 rings (SSSR count). The summed E-state index contributed by atoms with van der Waals surface area (Å²) in [7, 11) is -3.27. The SMILES string of the molecule is CCn1c(C[C@H]2CC[C@H](C(F)(F)F)CC2)nc2cc(C(=O)NCc3ccc(S(=O)(=O)CC)cc3)ccc21. The molecule has 1 heterocycles. The van der Waals surface area contributed by atoms with Crippen LogP contribution in [0.15, 0.2) is 47.4 Å². The van der Waals surface area contributed by atoms with Crippen LogP contribution in [-0.4, -0.2) is 35.8 Å². The number of alkyl halides is 3. The average molecular weight is 536 g/mol. The number of benzene rings is 2. The zero-order chi connectivity index (χ0) is 26.8. The Kier molecular flexibility index (Phi) is 7.96. The Balaban J connectivity index is 1.42. The van der Waals surface area contributed by atoms with Gasteiger partial charge in [-0.05, 0) is 74.4 Å². The second-order valence-electron chi connectivity index (χ2n) is 9.67. The van der Waals surface area contributed by atoms with E-state index in [1.807, 2.05) is 13.0 Å². The lowest BCUT2D eigenvalue weighted by atomic mass is 9.80. The number of halogens is 3. The van der Waals surface area contributed by atoms with Crippen molar-refractivity contribution in [1.82, 2.24) is 14.9 Å². The highest BCUT2D eigenvalue weighted by molar-refractivity contribution is 7.91. The van der Waals surface area contributed by atoms with Gasteiger partial charge < -0.3 is 9.88 Å². The van der Waals surface area contributed by atoms with Crippen LogP contribution in [0.3, 0.4) is 0 Å². The van der Waals surface area contributed by atoms with E-state index in [2.05, 4.69) is 9.88 Å². The third kappa shape index (κ3) is 6.17. The van der Waals surface area contributed by atoms with Gasteiger partial charge in [-0.25, -0.2) is 13.4 Å². The van der Waals surface area contributed by atoms with Gasteiger partial charge in [0.15, 0.2) is 9.84 Å². The van der Waals surface area contributed by atoms with Crippen LogP contribution in [0.4, 0.5) is 13.2 Å². The molecule has 3 aromatic rings. The van der Waals surface area contributed by atoms with E-state index in [9.17, 15) is 26.4 Å². The summed E-state index contributed by atoms with van der Waals surface area (Å²) in [6.07, 6.45) is -2.08. The lowest BCUT2D eigenvalue weighted by Crippen LogP contribution is -2.28. The number of rotatable bonds is 8. The molecule has 1 aromatic heterocycles. The van der Waals surface area contributed by atoms with Crippen molar-refractivity contribution >= 4 is 26.8 Å². The van der Waals surface area contributed by atoms with Crippen molar-refractivity contribution in [2.75, 3.05) is 5.75 Å². The van der Waals surface area contributed by atoms with Crippen molar-refractivity contribution < 1.29 is 26.4 Å². The predicted octanol–water partition coefficient (Wildman–Crippen LogP) is 5.69. The lowest BCUT2D eigenvalue weighted by Gasteiger charge is -2.29. The van der Waals surface area contributed by atoms with Gasteiger partial charge in [-0.1, -0.05) is 19.1 Å². The van der Waals surface area contributed by atoms with Gasteiger partial charge in [-0.15, -0.1) is 0 Å². The number of carbonyl (C=O) groups is 1. The van der Waals surface area contributed by atoms with Crippen LogP contribution in [-0.2, 0) is 29.3 Å². The number of nitrogens with one attached hydrogen (secondary N) is 1. The highest BCUT2D eigenvalue weighted by Gasteiger charge is 2.41. The smallest absolute Gasteiger partial charge is 0.348 e. The van der Waals surface area contributed by atoms with E-state index in [1.165, 1.54) is 0 Å². The summed E-state index contributed by atoms with van der Waals surface area (Å²) in [5.41, 5.74) is 2.81. The third-order valence-corrected chi connectivity index (χ3v) is 9.05. The number of hydrogen-bond donors (Lipinski definition) is 1. The second-order valence-corrected chi connectivity index (χ2v) is 11.9. The Bertz CT molecular complexity index is 1360. The fraction of sp³-hybridized carbons (Fsp3) is 0.481. The maximum absolute atomic E-state index is 13.0. The number of sulfone groups is 1. The van der Waals surface area contributed by atoms with Crippen LogP contribution in [0.1, 0.15) is 61.3 Å². The Morgan fingerprint density at radius 3 is 2.32 bits per heavy atom. The number of imidazole rings is 1. The van der Waals surface area contributed by atoms with E-state index in [0.717, 1.165) is 16.9 Å². The molecule has 0 spiro atoms. The fourth-order valence-electron chi connectivity index (χ4n) is 5.05. The summed E-state index contributed by atoms with van der Waals surface area (Å²) in [6.45, 7) is 4.52. The summed E-state index contributed by atoms with van der Waals surface area (Å²) in [6, 6.07) is 11.8. The molecule has 200 valence electrons. The van der Waals surface area contributed by atoms with Gasteiger partial charge in [0.1, 0.15) is 5.82 Å². The minimum absolute atomic E-state index is 0.0280. The topological polar surface area (TPSA) is 81.1 Å². The molecule has 2 aromatic carbocycles. The molecule has 0 unspecified atom stereocenters. The van der Waals surface area contributed by atoms with E-state index in [0.29, 0.717) is 36.9 Å². The van der Waals surface area contributed by atoms with Gasteiger partial charge in [0.05, 0.1) is 27.6 Å². The number of aromatic nitrogens is 2. The largest absolute Gasteiger partial charge is 0.391 e. The molecule has 1 aliphatic carbocycles. The number of nitrogens with zero attached hydrogens (tertiary/aromatic N) is 2. The van der Waals surface area contributed by atoms with Crippen molar-refractivity contribution in [3.63, 3.8) is 0 Å². The van der Waals surface area contributed by atoms with Crippen LogP contribution >= 0.6 is 0 Å². The molecule has 0 radical (unpaired) electrons. The summed E-state index contributed by atoms with van der Waals surface area (Å²) in [5.74, 6) is -0.433. The van der Waals surface area contributed by atoms with Crippen LogP contribution in [0.25, 0.3) is 11.0 Å². The Morgan fingerprint density at radius 2 is 1.73 bits per heavy atom. The molecule has 1 saturated carbocycles. The number of amides is 1. The first kappa shape index (κ1) is 27.2. The molecule has 0 bridgehead atoms. The fourth-order valence-corrected chi connectivity index (χ4v) is 5.93. The average Bonchev–Trinajstić information content (AvgIpc) is 3.23. The minimum Gasteiger partial charge on any atom is -0.348 e. The van der Waals surface area contributed by atoms with Crippen LogP contribution < -0.4 is 5.32 Å². The maximum Gasteiger partial charge on any atom is 0.391 e. The first-order valence-electron chi connectivity index (χ1n) is 12.7. The maximum atomic E-state index is 13.0. The quantitative estimate of drug-likeness (QED) is 0.402. The molecule has 6 nitrogen and oxygen atoms in total. The molecule has 1 aliphatic rings. The molecule has 10 heteroatoms. The number of carbonyl (C=O) groups excluding carboxylic acids is 1. The molecule has 1 fully saturated rings. The van der Waals surface area contributed by atoms with E-state index in [1.54, 1.807) is 43.3 Å². The standard InChI is InChI=1S/C27H32F3N3O3S/c1-3-33-24-14-9-20(26(34)31-17-19-7-12-22(13-8-19)37(35,36)4-2)16-23(24)32-25(33)15-18-5-10-21(11-6-18)27(28,29)30/h7-9,12-14,16,18,21H,3-6,10-11,15,17H2,1-2H3,(H,31,34)/t18-,21-. The van der Waals surface area contributed by atoms with Crippen molar-refractivity contribution in [2.24, 2.45) is 11.8 Å². The zero-order valence-corrected chi connectivity index (χ0v) is 21.8. The summed E-state index contributed by atoms with van der Waals surface area (Å²) in [5, 5.41) is 2.85. The normalized spacial score (nSPS) is 18.7. The highest BCUT2D eigenvalue weighted by Crippen LogP contribution is 2.40. The van der Waals surface area contributed by atoms with Gasteiger partial charge in [0, 0.05) is 25.1 Å². The number of fused-ring (bicyclic) bond motifs is 1. The van der Waals surface area contributed by atoms with Gasteiger partial charge in [-0.2, -0.15) is 13.2 Å². The summed E-state index contributed by atoms with van der Waals surface area (Å²) >= 11 is 0. The van der Waals surface area contributed by atoms with E-state index < -0.39 is 21.9 Å². The van der Waals surface area contributed by atoms with Crippen LogP contribution in [0, 0.1) is 11.8 Å². The predicted molar refractivity (Wildman–Crippen MR) is 136 cm³/mol. The highest BCUT2D eigenvalue weighted by atomic mass is 32.2. The second kappa shape index (κ2) is 10.8. The Morgan fingerprint density at radius 1 is 1.05 bits per heavy atom. The lowest BCUT2D eigenvalue weighted by molar-refractivity contribution is -0.183. The van der Waals surface area contributed by atoms with Gasteiger partial charge in [-0.3, -0.25) is 4.79 Å². The van der Waals surface area contributed by atoms with Crippen LogP contribution in [0.5, 0.6) is 0 Å². The summed E-state index contributed by atoms with van der Waals surface area (Å²) < 4.78 is 65.0. The molecular weight excluding hydrogens is 503 g/mol. The Hall–Kier alpha value is -2.88. The number of aryl methyl sites for hydroxylation is 1. The molecule has 0 aliphatic heterocycles. The van der Waals surface area contributed by atoms with E-state index >= 15 is 0 Å². The van der Waals surface area contributed by atoms with Gasteiger partial charge in [0.25, 0.3) is 5.91 Å². The van der Waals surface area contributed by atoms with Crippen molar-refractivity contribution in [2.45, 2.75) is 70.1 Å².